The molecule has 3 aromatic carbocycles. The van der Waals surface area contributed by atoms with Crippen molar-refractivity contribution >= 4 is 34.3 Å². The maximum absolute atomic E-state index is 13.5. The summed E-state index contributed by atoms with van der Waals surface area (Å²) in [7, 11) is 1.58. The summed E-state index contributed by atoms with van der Waals surface area (Å²) in [5.41, 5.74) is 5.02. The number of nitrogens with zero attached hydrogens (tertiary/aromatic N) is 2. The van der Waals surface area contributed by atoms with Crippen molar-refractivity contribution in [2.24, 2.45) is 0 Å². The van der Waals surface area contributed by atoms with Crippen LogP contribution in [0.4, 0.5) is 5.69 Å². The zero-order valence-electron chi connectivity index (χ0n) is 21.5. The molecule has 6 nitrogen and oxygen atoms in total. The average molecular weight is 502 g/mol. The number of thioether (sulfide) groups is 1. The molecule has 0 aliphatic heterocycles. The van der Waals surface area contributed by atoms with E-state index in [2.05, 4.69) is 26.1 Å². The van der Waals surface area contributed by atoms with Gasteiger partial charge in [-0.15, -0.1) is 0 Å². The highest BCUT2D eigenvalue weighted by Crippen LogP contribution is 2.32. The van der Waals surface area contributed by atoms with Crippen LogP contribution < -0.4 is 15.6 Å². The summed E-state index contributed by atoms with van der Waals surface area (Å²) >= 11 is 1.23. The van der Waals surface area contributed by atoms with E-state index < -0.39 is 0 Å². The van der Waals surface area contributed by atoms with Crippen LogP contribution in [-0.4, -0.2) is 28.3 Å². The first-order valence-electron chi connectivity index (χ1n) is 11.8. The Morgan fingerprint density at radius 1 is 1.03 bits per heavy atom. The Balaban J connectivity index is 1.67. The molecule has 186 valence electrons. The Hall–Kier alpha value is -3.58. The van der Waals surface area contributed by atoms with E-state index in [1.807, 2.05) is 68.4 Å². The van der Waals surface area contributed by atoms with Gasteiger partial charge in [-0.1, -0.05) is 56.8 Å². The molecule has 7 heteroatoms. The van der Waals surface area contributed by atoms with Crippen molar-refractivity contribution in [1.82, 2.24) is 9.55 Å². The van der Waals surface area contributed by atoms with Gasteiger partial charge in [-0.2, -0.15) is 0 Å². The van der Waals surface area contributed by atoms with Gasteiger partial charge in [0.15, 0.2) is 5.16 Å². The van der Waals surface area contributed by atoms with E-state index in [4.69, 9.17) is 9.72 Å². The Labute approximate surface area is 215 Å². The second-order valence-electron chi connectivity index (χ2n) is 9.82. The molecule has 4 rings (SSSR count). The molecule has 36 heavy (non-hydrogen) atoms. The van der Waals surface area contributed by atoms with Crippen molar-refractivity contribution < 1.29 is 9.53 Å². The van der Waals surface area contributed by atoms with Crippen LogP contribution in [0.1, 0.15) is 37.5 Å². The summed E-state index contributed by atoms with van der Waals surface area (Å²) in [5, 5.41) is 3.97. The molecule has 0 saturated carbocycles. The van der Waals surface area contributed by atoms with Crippen LogP contribution in [0, 0.1) is 13.8 Å². The monoisotopic (exact) mass is 501 g/mol. The van der Waals surface area contributed by atoms with Crippen molar-refractivity contribution in [1.29, 1.82) is 0 Å². The fourth-order valence-corrected chi connectivity index (χ4v) is 4.70. The van der Waals surface area contributed by atoms with Gasteiger partial charge in [-0.05, 0) is 72.4 Å². The number of aryl methyl sites for hydroxylation is 2. The van der Waals surface area contributed by atoms with E-state index in [9.17, 15) is 9.59 Å². The van der Waals surface area contributed by atoms with Gasteiger partial charge in [0.05, 0.1) is 35.1 Å². The number of benzene rings is 3. The highest BCUT2D eigenvalue weighted by atomic mass is 32.2. The first-order chi connectivity index (χ1) is 17.1. The number of hydrogen-bond donors (Lipinski definition) is 1. The van der Waals surface area contributed by atoms with Gasteiger partial charge >= 0.3 is 0 Å². The number of methoxy groups -OCH3 is 1. The third-order valence-electron chi connectivity index (χ3n) is 6.17. The molecule has 0 fully saturated rings. The van der Waals surface area contributed by atoms with Crippen molar-refractivity contribution in [3.63, 3.8) is 0 Å². The van der Waals surface area contributed by atoms with E-state index in [1.54, 1.807) is 17.7 Å². The summed E-state index contributed by atoms with van der Waals surface area (Å²) in [6, 6.07) is 19.0. The van der Waals surface area contributed by atoms with Gasteiger partial charge < -0.3 is 10.1 Å². The van der Waals surface area contributed by atoms with E-state index >= 15 is 0 Å². The Morgan fingerprint density at radius 2 is 1.78 bits per heavy atom. The van der Waals surface area contributed by atoms with E-state index in [1.165, 1.54) is 11.8 Å². The molecule has 0 unspecified atom stereocenters. The Morgan fingerprint density at radius 3 is 2.47 bits per heavy atom. The van der Waals surface area contributed by atoms with Crippen molar-refractivity contribution in [2.45, 2.75) is 45.2 Å². The lowest BCUT2D eigenvalue weighted by molar-refractivity contribution is -0.113. The number of nitrogens with one attached hydrogen (secondary N) is 1. The smallest absolute Gasteiger partial charge is 0.266 e. The average Bonchev–Trinajstić information content (AvgIpc) is 2.84. The number of carbonyl (C=O) groups is 1. The molecule has 4 aromatic rings. The summed E-state index contributed by atoms with van der Waals surface area (Å²) in [6.07, 6.45) is 0. The predicted octanol–water partition coefficient (Wildman–Crippen LogP) is 6.04. The number of amides is 1. The molecule has 0 radical (unpaired) electrons. The molecule has 1 aromatic heterocycles. The highest BCUT2D eigenvalue weighted by Gasteiger charge is 2.19. The van der Waals surface area contributed by atoms with Gasteiger partial charge in [0.2, 0.25) is 5.91 Å². The molecule has 0 atom stereocenters. The number of anilines is 1. The third-order valence-corrected chi connectivity index (χ3v) is 7.10. The molecule has 0 aliphatic carbocycles. The largest absolute Gasteiger partial charge is 0.495 e. The minimum atomic E-state index is -0.210. The maximum Gasteiger partial charge on any atom is 0.266 e. The standard InChI is InChI=1S/C29H31N3O3S/c1-18-11-13-21(15-19(18)2)32-27(34)22-9-7-8-10-23(22)31-28(32)36-17-26(33)30-24-16-20(29(3,4)5)12-14-25(24)35-6/h7-16H,17H2,1-6H3,(H,30,33). The minimum Gasteiger partial charge on any atom is -0.495 e. The minimum absolute atomic E-state index is 0.0717. The van der Waals surface area contributed by atoms with Gasteiger partial charge in [0.25, 0.3) is 5.56 Å². The summed E-state index contributed by atoms with van der Waals surface area (Å²) in [6.45, 7) is 10.4. The van der Waals surface area contributed by atoms with Crippen LogP contribution in [0.3, 0.4) is 0 Å². The zero-order chi connectivity index (χ0) is 26.0. The Kier molecular flexibility index (Phi) is 7.22. The summed E-state index contributed by atoms with van der Waals surface area (Å²) < 4.78 is 7.05. The van der Waals surface area contributed by atoms with E-state index in [0.29, 0.717) is 27.5 Å². The molecule has 0 aliphatic rings. The zero-order valence-corrected chi connectivity index (χ0v) is 22.3. The molecule has 1 heterocycles. The number of carbonyl (C=O) groups excluding carboxylic acids is 1. The van der Waals surface area contributed by atoms with E-state index in [0.717, 1.165) is 22.4 Å². The van der Waals surface area contributed by atoms with Crippen molar-refractivity contribution in [3.05, 3.63) is 87.7 Å². The SMILES string of the molecule is COc1ccc(C(C)(C)C)cc1NC(=O)CSc1nc2ccccc2c(=O)n1-c1ccc(C)c(C)c1. The van der Waals surface area contributed by atoms with Crippen molar-refractivity contribution in [3.8, 4) is 11.4 Å². The Bertz CT molecular complexity index is 1500. The number of rotatable bonds is 6. The lowest BCUT2D eigenvalue weighted by Crippen LogP contribution is -2.23. The fourth-order valence-electron chi connectivity index (χ4n) is 3.89. The summed E-state index contributed by atoms with van der Waals surface area (Å²) in [4.78, 5) is 31.2. The maximum atomic E-state index is 13.5. The van der Waals surface area contributed by atoms with Crippen LogP contribution in [0.15, 0.2) is 70.6 Å². The first-order valence-corrected chi connectivity index (χ1v) is 12.8. The normalized spacial score (nSPS) is 11.5. The van der Waals surface area contributed by atoms with E-state index in [-0.39, 0.29) is 22.6 Å². The van der Waals surface area contributed by atoms with Crippen LogP contribution in [0.5, 0.6) is 5.75 Å². The number of aromatic nitrogens is 2. The number of ether oxygens (including phenoxy) is 1. The molecule has 0 bridgehead atoms. The molecular weight excluding hydrogens is 470 g/mol. The molecule has 1 N–H and O–H groups in total. The van der Waals surface area contributed by atoms with Crippen LogP contribution >= 0.6 is 11.8 Å². The first kappa shape index (κ1) is 25.5. The van der Waals surface area contributed by atoms with Crippen LogP contribution in [0.25, 0.3) is 16.6 Å². The molecule has 0 spiro atoms. The van der Waals surface area contributed by atoms with Gasteiger partial charge in [-0.3, -0.25) is 14.2 Å². The quantitative estimate of drug-likeness (QED) is 0.258. The lowest BCUT2D eigenvalue weighted by atomic mass is 9.87. The molecule has 1 amide bonds. The number of hydrogen-bond acceptors (Lipinski definition) is 5. The predicted molar refractivity (Wildman–Crippen MR) is 148 cm³/mol. The molecular formula is C29H31N3O3S. The molecule has 0 saturated heterocycles. The van der Waals surface area contributed by atoms with Crippen molar-refractivity contribution in [2.75, 3.05) is 18.2 Å². The summed E-state index contributed by atoms with van der Waals surface area (Å²) in [5.74, 6) is 0.467. The van der Waals surface area contributed by atoms with Gasteiger partial charge in [0.1, 0.15) is 5.75 Å². The number of fused-ring (bicyclic) bond motifs is 1. The second-order valence-corrected chi connectivity index (χ2v) is 10.8. The highest BCUT2D eigenvalue weighted by molar-refractivity contribution is 7.99. The topological polar surface area (TPSA) is 73.2 Å². The fraction of sp³-hybridized carbons (Fsp3) is 0.276. The second kappa shape index (κ2) is 10.2. The van der Waals surface area contributed by atoms with Crippen LogP contribution in [0.2, 0.25) is 0 Å². The van der Waals surface area contributed by atoms with Crippen LogP contribution in [-0.2, 0) is 10.2 Å². The third kappa shape index (κ3) is 5.31. The lowest BCUT2D eigenvalue weighted by Gasteiger charge is -2.21. The number of para-hydroxylation sites is 1. The van der Waals surface area contributed by atoms with Gasteiger partial charge in [0, 0.05) is 0 Å². The van der Waals surface area contributed by atoms with Gasteiger partial charge in [-0.25, -0.2) is 4.98 Å².